The Morgan fingerprint density at radius 1 is 1.36 bits per heavy atom. The van der Waals surface area contributed by atoms with Gasteiger partial charge >= 0.3 is 0 Å². The quantitative estimate of drug-likeness (QED) is 0.665. The summed E-state index contributed by atoms with van der Waals surface area (Å²) in [7, 11) is 2.62. The Morgan fingerprint density at radius 2 is 1.91 bits per heavy atom. The molecule has 1 aromatic carbocycles. The van der Waals surface area contributed by atoms with Gasteiger partial charge in [-0.3, -0.25) is 0 Å². The van der Waals surface area contributed by atoms with Gasteiger partial charge in [0, 0.05) is 0 Å². The molecule has 1 N–H and O–H groups in total. The molecule has 0 bridgehead atoms. The van der Waals surface area contributed by atoms with Crippen LogP contribution >= 0.6 is 9.24 Å². The number of hydrogen-bond acceptors (Lipinski definition) is 1. The summed E-state index contributed by atoms with van der Waals surface area (Å²) in [4.78, 5) is 0. The van der Waals surface area contributed by atoms with Crippen LogP contribution in [0.25, 0.3) is 0 Å². The maximum Gasteiger partial charge on any atom is 0.0787 e. The lowest BCUT2D eigenvalue weighted by Crippen LogP contribution is -1.97. The predicted octanol–water partition coefficient (Wildman–Crippen LogP) is 1.63. The predicted molar refractivity (Wildman–Crippen MR) is 51.0 cm³/mol. The summed E-state index contributed by atoms with van der Waals surface area (Å²) in [5.74, 6) is 0. The molecule has 0 aromatic heterocycles. The van der Waals surface area contributed by atoms with E-state index in [-0.39, 0.29) is 6.10 Å². The SMILES string of the molecule is CCC(O)c1ccc(P)cc1. The van der Waals surface area contributed by atoms with Crippen molar-refractivity contribution in [2.75, 3.05) is 0 Å². The van der Waals surface area contributed by atoms with Crippen LogP contribution < -0.4 is 5.30 Å². The summed E-state index contributed by atoms with van der Waals surface area (Å²) in [5, 5.41) is 10.6. The van der Waals surface area contributed by atoms with Gasteiger partial charge in [0.2, 0.25) is 0 Å². The molecule has 0 spiro atoms. The van der Waals surface area contributed by atoms with Crippen LogP contribution in [-0.2, 0) is 0 Å². The van der Waals surface area contributed by atoms with Gasteiger partial charge in [0.05, 0.1) is 6.10 Å². The van der Waals surface area contributed by atoms with Gasteiger partial charge in [0.1, 0.15) is 0 Å². The highest BCUT2D eigenvalue weighted by atomic mass is 31.0. The van der Waals surface area contributed by atoms with Crippen LogP contribution in [0.2, 0.25) is 0 Å². The Balaban J connectivity index is 2.81. The first-order chi connectivity index (χ1) is 5.24. The Hall–Kier alpha value is -0.390. The zero-order valence-electron chi connectivity index (χ0n) is 6.62. The minimum absolute atomic E-state index is 0.305. The molecular formula is C9H13OP. The summed E-state index contributed by atoms with van der Waals surface area (Å²) in [6, 6.07) is 7.88. The number of aliphatic hydroxyl groups excluding tert-OH is 1. The average molecular weight is 168 g/mol. The van der Waals surface area contributed by atoms with Gasteiger partial charge in [-0.15, -0.1) is 9.24 Å². The fourth-order valence-corrected chi connectivity index (χ4v) is 1.15. The second-order valence-corrected chi connectivity index (χ2v) is 3.26. The van der Waals surface area contributed by atoms with E-state index in [2.05, 4.69) is 9.24 Å². The third-order valence-corrected chi connectivity index (χ3v) is 2.09. The van der Waals surface area contributed by atoms with Crippen molar-refractivity contribution in [3.63, 3.8) is 0 Å². The molecule has 1 aromatic rings. The van der Waals surface area contributed by atoms with E-state index in [9.17, 15) is 5.11 Å². The second-order valence-electron chi connectivity index (χ2n) is 2.59. The third kappa shape index (κ3) is 2.28. The number of benzene rings is 1. The average Bonchev–Trinajstić information content (AvgIpc) is 2.05. The first kappa shape index (κ1) is 8.70. The summed E-state index contributed by atoms with van der Waals surface area (Å²) < 4.78 is 0. The maximum atomic E-state index is 9.41. The zero-order chi connectivity index (χ0) is 8.27. The minimum atomic E-state index is -0.305. The van der Waals surface area contributed by atoms with Crippen LogP contribution in [0.1, 0.15) is 25.0 Å². The highest BCUT2D eigenvalue weighted by molar-refractivity contribution is 7.27. The number of hydrogen-bond donors (Lipinski definition) is 1. The molecular weight excluding hydrogens is 155 g/mol. The first-order valence-corrected chi connectivity index (χ1v) is 4.35. The van der Waals surface area contributed by atoms with Gasteiger partial charge < -0.3 is 5.11 Å². The Labute approximate surface area is 69.7 Å². The van der Waals surface area contributed by atoms with E-state index in [1.165, 1.54) is 0 Å². The van der Waals surface area contributed by atoms with E-state index in [1.807, 2.05) is 31.2 Å². The largest absolute Gasteiger partial charge is 0.388 e. The van der Waals surface area contributed by atoms with Gasteiger partial charge in [-0.25, -0.2) is 0 Å². The molecule has 2 unspecified atom stereocenters. The van der Waals surface area contributed by atoms with Crippen LogP contribution in [-0.4, -0.2) is 5.11 Å². The molecule has 0 saturated carbocycles. The van der Waals surface area contributed by atoms with Crippen LogP contribution in [0.5, 0.6) is 0 Å². The van der Waals surface area contributed by atoms with E-state index >= 15 is 0 Å². The highest BCUT2D eigenvalue weighted by Gasteiger charge is 2.02. The molecule has 0 aliphatic rings. The molecule has 11 heavy (non-hydrogen) atoms. The monoisotopic (exact) mass is 168 g/mol. The van der Waals surface area contributed by atoms with E-state index in [4.69, 9.17) is 0 Å². The summed E-state index contributed by atoms with van der Waals surface area (Å²) in [6.07, 6.45) is 0.469. The van der Waals surface area contributed by atoms with E-state index in [0.717, 1.165) is 17.3 Å². The summed E-state index contributed by atoms with van der Waals surface area (Å²) in [5.41, 5.74) is 0.999. The lowest BCUT2D eigenvalue weighted by Gasteiger charge is -2.07. The molecule has 2 atom stereocenters. The molecule has 0 aliphatic carbocycles. The molecule has 0 fully saturated rings. The molecule has 0 heterocycles. The molecule has 0 amide bonds. The van der Waals surface area contributed by atoms with Crippen molar-refractivity contribution in [2.45, 2.75) is 19.4 Å². The Morgan fingerprint density at radius 3 is 2.36 bits per heavy atom. The fourth-order valence-electron chi connectivity index (χ4n) is 0.954. The summed E-state index contributed by atoms with van der Waals surface area (Å²) >= 11 is 0. The minimum Gasteiger partial charge on any atom is -0.388 e. The second kappa shape index (κ2) is 3.85. The normalized spacial score (nSPS) is 13.0. The number of rotatable bonds is 2. The molecule has 0 radical (unpaired) electrons. The van der Waals surface area contributed by atoms with Crippen LogP contribution in [0, 0.1) is 0 Å². The number of aliphatic hydroxyl groups is 1. The first-order valence-electron chi connectivity index (χ1n) is 3.77. The molecule has 1 rings (SSSR count). The lowest BCUT2D eigenvalue weighted by molar-refractivity contribution is 0.173. The van der Waals surface area contributed by atoms with Gasteiger partial charge in [0.25, 0.3) is 0 Å². The van der Waals surface area contributed by atoms with Crippen LogP contribution in [0.4, 0.5) is 0 Å². The molecule has 0 saturated heterocycles. The van der Waals surface area contributed by atoms with E-state index in [1.54, 1.807) is 0 Å². The van der Waals surface area contributed by atoms with Crippen molar-refractivity contribution in [3.8, 4) is 0 Å². The van der Waals surface area contributed by atoms with Crippen LogP contribution in [0.15, 0.2) is 24.3 Å². The van der Waals surface area contributed by atoms with Crippen molar-refractivity contribution in [1.82, 2.24) is 0 Å². The molecule has 60 valence electrons. The van der Waals surface area contributed by atoms with E-state index < -0.39 is 0 Å². The van der Waals surface area contributed by atoms with Crippen molar-refractivity contribution in [1.29, 1.82) is 0 Å². The standard InChI is InChI=1S/C9H13OP/c1-2-9(10)7-3-5-8(11)6-4-7/h3-6,9-10H,2,11H2,1H3. The fraction of sp³-hybridized carbons (Fsp3) is 0.333. The lowest BCUT2D eigenvalue weighted by atomic mass is 10.1. The Kier molecular flexibility index (Phi) is 3.04. The summed E-state index contributed by atoms with van der Waals surface area (Å²) in [6.45, 7) is 1.97. The van der Waals surface area contributed by atoms with Crippen molar-refractivity contribution in [3.05, 3.63) is 29.8 Å². The topological polar surface area (TPSA) is 20.2 Å². The Bertz CT molecular complexity index is 218. The third-order valence-electron chi connectivity index (χ3n) is 1.71. The van der Waals surface area contributed by atoms with Gasteiger partial charge in [-0.1, -0.05) is 31.2 Å². The zero-order valence-corrected chi connectivity index (χ0v) is 7.77. The van der Waals surface area contributed by atoms with Gasteiger partial charge in [0.15, 0.2) is 0 Å². The molecule has 2 heteroatoms. The van der Waals surface area contributed by atoms with Gasteiger partial charge in [-0.2, -0.15) is 0 Å². The van der Waals surface area contributed by atoms with Gasteiger partial charge in [-0.05, 0) is 17.3 Å². The smallest absolute Gasteiger partial charge is 0.0787 e. The van der Waals surface area contributed by atoms with E-state index in [0.29, 0.717) is 0 Å². The van der Waals surface area contributed by atoms with Crippen LogP contribution in [0.3, 0.4) is 0 Å². The molecule has 1 nitrogen and oxygen atoms in total. The maximum absolute atomic E-state index is 9.41. The van der Waals surface area contributed by atoms with Crippen molar-refractivity contribution < 1.29 is 5.11 Å². The molecule has 0 aliphatic heterocycles. The van der Waals surface area contributed by atoms with Crippen molar-refractivity contribution in [2.24, 2.45) is 0 Å². The highest BCUT2D eigenvalue weighted by Crippen LogP contribution is 2.14. The van der Waals surface area contributed by atoms with Crippen molar-refractivity contribution >= 4 is 14.5 Å².